The summed E-state index contributed by atoms with van der Waals surface area (Å²) in [6.45, 7) is -0.122. The minimum atomic E-state index is -1.31. The molecule has 2 aromatic rings. The van der Waals surface area contributed by atoms with Crippen molar-refractivity contribution in [1.29, 1.82) is 0 Å². The first kappa shape index (κ1) is 13.8. The smallest absolute Gasteiger partial charge is 0.395 e. The Bertz CT molecular complexity index is 621. The zero-order chi connectivity index (χ0) is 14.5. The Labute approximate surface area is 114 Å². The Hall–Kier alpha value is -2.67. The molecule has 7 nitrogen and oxygen atoms in total. The number of carboxylic acids is 1. The van der Waals surface area contributed by atoms with E-state index >= 15 is 0 Å². The molecule has 0 fully saturated rings. The Kier molecular flexibility index (Phi) is 4.11. The number of nitrogens with two attached hydrogens (primary N) is 1. The maximum Gasteiger partial charge on any atom is 0.395 e. The molecule has 0 unspecified atom stereocenters. The number of carboxylic acid groups (broad SMARTS) is 1. The van der Waals surface area contributed by atoms with Crippen molar-refractivity contribution in [3.05, 3.63) is 53.2 Å². The Morgan fingerprint density at radius 3 is 2.55 bits per heavy atom. The number of oxazole rings is 1. The molecule has 0 bridgehead atoms. The quantitative estimate of drug-likeness (QED) is 0.788. The van der Waals surface area contributed by atoms with E-state index in [4.69, 9.17) is 20.0 Å². The second-order valence-corrected chi connectivity index (χ2v) is 3.86. The van der Waals surface area contributed by atoms with Gasteiger partial charge in [-0.1, -0.05) is 30.3 Å². The molecule has 20 heavy (non-hydrogen) atoms. The summed E-state index contributed by atoms with van der Waals surface area (Å²) < 4.78 is 9.96. The molecular weight excluding hydrogens is 264 g/mol. The van der Waals surface area contributed by atoms with Crippen molar-refractivity contribution in [2.75, 3.05) is 0 Å². The van der Waals surface area contributed by atoms with Gasteiger partial charge in [0, 0.05) is 0 Å². The minimum absolute atomic E-state index is 0.0441. The number of carbonyl (C=O) groups is 2. The minimum Gasteiger partial charge on any atom is -0.476 e. The second kappa shape index (κ2) is 5.98. The molecule has 104 valence electrons. The highest BCUT2D eigenvalue weighted by molar-refractivity contribution is 5.90. The fourth-order valence-corrected chi connectivity index (χ4v) is 1.53. The molecule has 1 aromatic carbocycles. The molecule has 2 rings (SSSR count). The topological polar surface area (TPSA) is 116 Å². The first-order valence-electron chi connectivity index (χ1n) is 5.76. The molecule has 0 saturated carbocycles. The third-order valence-corrected chi connectivity index (χ3v) is 2.47. The first-order chi connectivity index (χ1) is 9.61. The maximum atomic E-state index is 11.7. The average Bonchev–Trinajstić information content (AvgIpc) is 2.90. The van der Waals surface area contributed by atoms with E-state index in [-0.39, 0.29) is 24.6 Å². The van der Waals surface area contributed by atoms with Crippen LogP contribution in [0.1, 0.15) is 32.5 Å². The number of carbonyl (C=O) groups excluding carboxylic acids is 1. The highest BCUT2D eigenvalue weighted by Crippen LogP contribution is 2.12. The summed E-state index contributed by atoms with van der Waals surface area (Å²) in [6.07, 6.45) is 0. The van der Waals surface area contributed by atoms with Crippen LogP contribution in [0.5, 0.6) is 0 Å². The van der Waals surface area contributed by atoms with E-state index in [0.717, 1.165) is 5.56 Å². The fourth-order valence-electron chi connectivity index (χ4n) is 1.53. The largest absolute Gasteiger partial charge is 0.476 e. The monoisotopic (exact) mass is 276 g/mol. The summed E-state index contributed by atoms with van der Waals surface area (Å²) in [5.41, 5.74) is 5.74. The van der Waals surface area contributed by atoms with Crippen LogP contribution >= 0.6 is 0 Å². The molecule has 0 aliphatic heterocycles. The lowest BCUT2D eigenvalue weighted by atomic mass is 10.2. The van der Waals surface area contributed by atoms with E-state index in [2.05, 4.69) is 4.98 Å². The van der Waals surface area contributed by atoms with Gasteiger partial charge < -0.3 is 20.0 Å². The van der Waals surface area contributed by atoms with Gasteiger partial charge in [0.15, 0.2) is 11.5 Å². The van der Waals surface area contributed by atoms with Gasteiger partial charge in [-0.3, -0.25) is 0 Å². The van der Waals surface area contributed by atoms with Crippen LogP contribution in [0.25, 0.3) is 0 Å². The zero-order valence-corrected chi connectivity index (χ0v) is 10.4. The van der Waals surface area contributed by atoms with E-state index in [1.165, 1.54) is 0 Å². The molecular formula is C13H12N2O5. The van der Waals surface area contributed by atoms with Crippen molar-refractivity contribution in [3.63, 3.8) is 0 Å². The molecule has 0 amide bonds. The Morgan fingerprint density at radius 1 is 1.30 bits per heavy atom. The summed E-state index contributed by atoms with van der Waals surface area (Å²) in [5, 5.41) is 8.87. The van der Waals surface area contributed by atoms with E-state index in [9.17, 15) is 9.59 Å². The Morgan fingerprint density at radius 2 is 2.00 bits per heavy atom. The lowest BCUT2D eigenvalue weighted by Gasteiger charge is -2.01. The van der Waals surface area contributed by atoms with Gasteiger partial charge in [0.25, 0.3) is 0 Å². The average molecular weight is 276 g/mol. The fraction of sp³-hybridized carbons (Fsp3) is 0.154. The second-order valence-electron chi connectivity index (χ2n) is 3.86. The van der Waals surface area contributed by atoms with Crippen molar-refractivity contribution in [3.8, 4) is 0 Å². The predicted molar refractivity (Wildman–Crippen MR) is 66.9 cm³/mol. The van der Waals surface area contributed by atoms with Crippen LogP contribution in [0.15, 0.2) is 34.7 Å². The van der Waals surface area contributed by atoms with Crippen molar-refractivity contribution in [1.82, 2.24) is 4.98 Å². The number of rotatable bonds is 5. The van der Waals surface area contributed by atoms with Crippen LogP contribution in [-0.2, 0) is 17.9 Å². The summed E-state index contributed by atoms with van der Waals surface area (Å²) in [5.74, 6) is -2.63. The van der Waals surface area contributed by atoms with E-state index in [1.807, 2.05) is 18.2 Å². The number of ether oxygens (including phenoxy) is 1. The number of benzene rings is 1. The summed E-state index contributed by atoms with van der Waals surface area (Å²) in [7, 11) is 0. The maximum absolute atomic E-state index is 11.7. The van der Waals surface area contributed by atoms with Gasteiger partial charge in [-0.2, -0.15) is 4.98 Å². The standard InChI is InChI=1S/C13H12N2O5/c14-6-9-10(12(16)17)15-11(20-9)13(18)19-7-8-4-2-1-3-5-8/h1-5H,6-7,14H2,(H,16,17). The normalized spacial score (nSPS) is 10.2. The molecule has 0 aliphatic rings. The van der Waals surface area contributed by atoms with Crippen molar-refractivity contribution in [2.45, 2.75) is 13.2 Å². The molecule has 7 heteroatoms. The lowest BCUT2D eigenvalue weighted by Crippen LogP contribution is -2.07. The SMILES string of the molecule is NCc1oc(C(=O)OCc2ccccc2)nc1C(=O)O. The highest BCUT2D eigenvalue weighted by atomic mass is 16.5. The number of esters is 1. The van der Waals surface area contributed by atoms with Gasteiger partial charge in [-0.05, 0) is 5.56 Å². The molecule has 0 radical (unpaired) electrons. The molecule has 0 spiro atoms. The van der Waals surface area contributed by atoms with E-state index in [1.54, 1.807) is 12.1 Å². The number of hydrogen-bond acceptors (Lipinski definition) is 6. The van der Waals surface area contributed by atoms with E-state index < -0.39 is 17.8 Å². The van der Waals surface area contributed by atoms with Crippen LogP contribution in [0.4, 0.5) is 0 Å². The van der Waals surface area contributed by atoms with Crippen molar-refractivity contribution >= 4 is 11.9 Å². The third kappa shape index (κ3) is 3.01. The van der Waals surface area contributed by atoms with E-state index in [0.29, 0.717) is 0 Å². The van der Waals surface area contributed by atoms with Gasteiger partial charge >= 0.3 is 17.8 Å². The predicted octanol–water partition coefficient (Wildman–Crippen LogP) is 1.19. The van der Waals surface area contributed by atoms with Crippen molar-refractivity contribution < 1.29 is 23.8 Å². The number of nitrogens with zero attached hydrogens (tertiary/aromatic N) is 1. The zero-order valence-electron chi connectivity index (χ0n) is 10.4. The van der Waals surface area contributed by atoms with Crippen LogP contribution in [0, 0.1) is 0 Å². The molecule has 1 aromatic heterocycles. The van der Waals surface area contributed by atoms with Gasteiger partial charge in [0.1, 0.15) is 6.61 Å². The number of hydrogen-bond donors (Lipinski definition) is 2. The van der Waals surface area contributed by atoms with Gasteiger partial charge in [0.2, 0.25) is 0 Å². The molecule has 3 N–H and O–H groups in total. The third-order valence-electron chi connectivity index (χ3n) is 2.47. The number of aromatic nitrogens is 1. The van der Waals surface area contributed by atoms with Crippen LogP contribution < -0.4 is 5.73 Å². The lowest BCUT2D eigenvalue weighted by molar-refractivity contribution is 0.0425. The molecule has 0 saturated heterocycles. The molecule has 0 aliphatic carbocycles. The van der Waals surface area contributed by atoms with Crippen LogP contribution in [0.3, 0.4) is 0 Å². The van der Waals surface area contributed by atoms with Crippen LogP contribution in [0.2, 0.25) is 0 Å². The van der Waals surface area contributed by atoms with Crippen LogP contribution in [-0.4, -0.2) is 22.0 Å². The van der Waals surface area contributed by atoms with Crippen molar-refractivity contribution in [2.24, 2.45) is 5.73 Å². The summed E-state index contributed by atoms with van der Waals surface area (Å²) in [4.78, 5) is 26.1. The first-order valence-corrected chi connectivity index (χ1v) is 5.76. The van der Waals surface area contributed by atoms with Gasteiger partial charge in [0.05, 0.1) is 6.54 Å². The molecule has 1 heterocycles. The Balaban J connectivity index is 2.08. The summed E-state index contributed by atoms with van der Waals surface area (Å²) in [6, 6.07) is 9.03. The van der Waals surface area contributed by atoms with Gasteiger partial charge in [-0.15, -0.1) is 0 Å². The highest BCUT2D eigenvalue weighted by Gasteiger charge is 2.23. The molecule has 0 atom stereocenters. The number of aromatic carboxylic acids is 1. The van der Waals surface area contributed by atoms with Gasteiger partial charge in [-0.25, -0.2) is 9.59 Å². The summed E-state index contributed by atoms with van der Waals surface area (Å²) >= 11 is 0.